The number of aromatic nitrogens is 1. The molecule has 0 spiro atoms. The van der Waals surface area contributed by atoms with Crippen LogP contribution < -0.4 is 5.32 Å². The van der Waals surface area contributed by atoms with Crippen molar-refractivity contribution >= 4 is 41.7 Å². The fourth-order valence-electron chi connectivity index (χ4n) is 3.11. The van der Waals surface area contributed by atoms with Crippen molar-refractivity contribution in [3.63, 3.8) is 0 Å². The molecule has 8 heteroatoms. The number of nitrogens with zero attached hydrogens (tertiary/aromatic N) is 4. The van der Waals surface area contributed by atoms with E-state index in [2.05, 4.69) is 56.5 Å². The number of aliphatic imine (C=N–C) groups is 1. The highest BCUT2D eigenvalue weighted by Gasteiger charge is 2.20. The van der Waals surface area contributed by atoms with E-state index in [1.54, 1.807) is 6.26 Å². The van der Waals surface area contributed by atoms with Crippen LogP contribution in [0.25, 0.3) is 0 Å². The molecular formula is C20H30IN5OS. The maximum absolute atomic E-state index is 4.91. The molecule has 1 aromatic heterocycles. The number of rotatable bonds is 7. The molecule has 0 aliphatic carbocycles. The van der Waals surface area contributed by atoms with Gasteiger partial charge in [-0.15, -0.1) is 24.0 Å². The van der Waals surface area contributed by atoms with Gasteiger partial charge in [0.1, 0.15) is 6.26 Å². The van der Waals surface area contributed by atoms with Crippen LogP contribution in [0.5, 0.6) is 0 Å². The van der Waals surface area contributed by atoms with E-state index in [4.69, 9.17) is 4.52 Å². The minimum Gasteiger partial charge on any atom is -0.364 e. The number of benzene rings is 1. The van der Waals surface area contributed by atoms with Crippen LogP contribution in [0.2, 0.25) is 0 Å². The minimum absolute atomic E-state index is 0. The first kappa shape index (κ1) is 23.0. The summed E-state index contributed by atoms with van der Waals surface area (Å²) >= 11 is 1.95. The summed E-state index contributed by atoms with van der Waals surface area (Å²) in [6, 6.07) is 10.7. The molecular weight excluding hydrogens is 485 g/mol. The van der Waals surface area contributed by atoms with Crippen LogP contribution in [0, 0.1) is 6.92 Å². The molecule has 1 N–H and O–H groups in total. The summed E-state index contributed by atoms with van der Waals surface area (Å²) < 4.78 is 4.91. The zero-order chi connectivity index (χ0) is 18.9. The maximum atomic E-state index is 4.91. The molecule has 1 saturated heterocycles. The van der Waals surface area contributed by atoms with Crippen LogP contribution in [0.15, 0.2) is 46.1 Å². The number of guanidine groups is 1. The van der Waals surface area contributed by atoms with Crippen LogP contribution in [-0.2, 0) is 12.3 Å². The Bertz CT molecular complexity index is 700. The summed E-state index contributed by atoms with van der Waals surface area (Å²) in [5.74, 6) is 3.13. The van der Waals surface area contributed by atoms with Crippen LogP contribution in [0.1, 0.15) is 16.8 Å². The molecule has 0 saturated carbocycles. The topological polar surface area (TPSA) is 56.9 Å². The Labute approximate surface area is 189 Å². The van der Waals surface area contributed by atoms with Crippen LogP contribution in [0.3, 0.4) is 0 Å². The van der Waals surface area contributed by atoms with Gasteiger partial charge in [-0.05, 0) is 12.5 Å². The van der Waals surface area contributed by atoms with E-state index in [-0.39, 0.29) is 24.0 Å². The van der Waals surface area contributed by atoms with E-state index >= 15 is 0 Å². The molecule has 0 atom stereocenters. The van der Waals surface area contributed by atoms with Crippen LogP contribution in [-0.4, -0.2) is 66.4 Å². The standard InChI is InChI=1S/C20H29N5OS.HI/c1-17-3-5-18(6-4-17)16-27-14-8-22-20(21-2)25-11-9-24(10-12-25)15-19-7-13-26-23-19;/h3-7,13H,8-12,14-16H2,1-2H3,(H,21,22);1H. The number of hydrogen-bond acceptors (Lipinski definition) is 5. The molecule has 0 radical (unpaired) electrons. The van der Waals surface area contributed by atoms with Gasteiger partial charge in [-0.2, -0.15) is 11.8 Å². The lowest BCUT2D eigenvalue weighted by atomic mass is 10.2. The number of thioether (sulfide) groups is 1. The van der Waals surface area contributed by atoms with Crippen molar-refractivity contribution < 1.29 is 4.52 Å². The average molecular weight is 515 g/mol. The van der Waals surface area contributed by atoms with Gasteiger partial charge in [0.05, 0.1) is 5.69 Å². The van der Waals surface area contributed by atoms with Gasteiger partial charge in [0.25, 0.3) is 0 Å². The van der Waals surface area contributed by atoms with Gasteiger partial charge in [-0.1, -0.05) is 35.0 Å². The fraction of sp³-hybridized carbons (Fsp3) is 0.500. The summed E-state index contributed by atoms with van der Waals surface area (Å²) in [6.45, 7) is 7.89. The minimum atomic E-state index is 0. The Hall–Kier alpha value is -1.26. The molecule has 0 bridgehead atoms. The number of halogens is 1. The normalized spacial score (nSPS) is 15.4. The van der Waals surface area contributed by atoms with Crippen molar-refractivity contribution in [1.29, 1.82) is 0 Å². The second-order valence-electron chi connectivity index (χ2n) is 6.77. The molecule has 3 rings (SSSR count). The van der Waals surface area contributed by atoms with Gasteiger partial charge in [-0.25, -0.2) is 0 Å². The Morgan fingerprint density at radius 2 is 1.93 bits per heavy atom. The highest BCUT2D eigenvalue weighted by atomic mass is 127. The second-order valence-corrected chi connectivity index (χ2v) is 7.87. The monoisotopic (exact) mass is 515 g/mol. The molecule has 2 aromatic rings. The summed E-state index contributed by atoms with van der Waals surface area (Å²) in [5, 5.41) is 7.50. The lowest BCUT2D eigenvalue weighted by molar-refractivity contribution is 0.169. The fourth-order valence-corrected chi connectivity index (χ4v) is 3.93. The molecule has 28 heavy (non-hydrogen) atoms. The zero-order valence-corrected chi connectivity index (χ0v) is 19.8. The summed E-state index contributed by atoms with van der Waals surface area (Å²) in [4.78, 5) is 9.19. The smallest absolute Gasteiger partial charge is 0.193 e. The van der Waals surface area contributed by atoms with Crippen molar-refractivity contribution in [3.8, 4) is 0 Å². The number of nitrogens with one attached hydrogen (secondary N) is 1. The van der Waals surface area contributed by atoms with Gasteiger partial charge in [0.2, 0.25) is 0 Å². The summed E-state index contributed by atoms with van der Waals surface area (Å²) in [5.41, 5.74) is 3.70. The highest BCUT2D eigenvalue weighted by Crippen LogP contribution is 2.12. The number of piperazine rings is 1. The molecule has 1 aliphatic rings. The van der Waals surface area contributed by atoms with E-state index in [1.807, 2.05) is 24.9 Å². The zero-order valence-electron chi connectivity index (χ0n) is 16.6. The third-order valence-corrected chi connectivity index (χ3v) is 5.71. The SMILES string of the molecule is CN=C(NCCSCc1ccc(C)cc1)N1CCN(Cc2ccon2)CC1.I. The van der Waals surface area contributed by atoms with Gasteiger partial charge in [0.15, 0.2) is 5.96 Å². The molecule has 0 amide bonds. The van der Waals surface area contributed by atoms with E-state index in [0.29, 0.717) is 0 Å². The third kappa shape index (κ3) is 7.29. The number of aryl methyl sites for hydroxylation is 1. The molecule has 2 heterocycles. The average Bonchev–Trinajstić information content (AvgIpc) is 3.20. The van der Waals surface area contributed by atoms with E-state index < -0.39 is 0 Å². The Morgan fingerprint density at radius 1 is 1.18 bits per heavy atom. The van der Waals surface area contributed by atoms with Crippen LogP contribution in [0.4, 0.5) is 0 Å². The Morgan fingerprint density at radius 3 is 2.57 bits per heavy atom. The van der Waals surface area contributed by atoms with E-state index in [1.165, 1.54) is 11.1 Å². The second kappa shape index (κ2) is 12.3. The van der Waals surface area contributed by atoms with Gasteiger partial charge >= 0.3 is 0 Å². The van der Waals surface area contributed by atoms with Gasteiger partial charge in [-0.3, -0.25) is 9.89 Å². The molecule has 0 unspecified atom stereocenters. The molecule has 1 aromatic carbocycles. The van der Waals surface area contributed by atoms with Crippen molar-refractivity contribution in [2.45, 2.75) is 19.2 Å². The molecule has 6 nitrogen and oxygen atoms in total. The molecule has 1 fully saturated rings. The Balaban J connectivity index is 0.00000280. The van der Waals surface area contributed by atoms with Crippen molar-refractivity contribution in [1.82, 2.24) is 20.3 Å². The van der Waals surface area contributed by atoms with Gasteiger partial charge < -0.3 is 14.7 Å². The first-order chi connectivity index (χ1) is 13.2. The number of hydrogen-bond donors (Lipinski definition) is 1. The largest absolute Gasteiger partial charge is 0.364 e. The predicted molar refractivity (Wildman–Crippen MR) is 127 cm³/mol. The Kier molecular flexibility index (Phi) is 10.1. The quantitative estimate of drug-likeness (QED) is 0.265. The summed E-state index contributed by atoms with van der Waals surface area (Å²) in [6.07, 6.45) is 1.63. The summed E-state index contributed by atoms with van der Waals surface area (Å²) in [7, 11) is 1.86. The molecule has 154 valence electrons. The first-order valence-corrected chi connectivity index (χ1v) is 10.6. The van der Waals surface area contributed by atoms with Crippen LogP contribution >= 0.6 is 35.7 Å². The lowest BCUT2D eigenvalue weighted by Gasteiger charge is -2.36. The van der Waals surface area contributed by atoms with Crippen molar-refractivity contribution in [2.75, 3.05) is 45.5 Å². The van der Waals surface area contributed by atoms with E-state index in [0.717, 1.165) is 62.4 Å². The van der Waals surface area contributed by atoms with Crippen molar-refractivity contribution in [2.24, 2.45) is 4.99 Å². The first-order valence-electron chi connectivity index (χ1n) is 9.45. The lowest BCUT2D eigenvalue weighted by Crippen LogP contribution is -2.52. The highest BCUT2D eigenvalue weighted by molar-refractivity contribution is 14.0. The maximum Gasteiger partial charge on any atom is 0.193 e. The third-order valence-electron chi connectivity index (χ3n) is 4.68. The van der Waals surface area contributed by atoms with Gasteiger partial charge in [0, 0.05) is 63.9 Å². The van der Waals surface area contributed by atoms with Crippen molar-refractivity contribution in [3.05, 3.63) is 53.4 Å². The molecule has 1 aliphatic heterocycles. The predicted octanol–water partition coefficient (Wildman–Crippen LogP) is 3.23. The van der Waals surface area contributed by atoms with E-state index in [9.17, 15) is 0 Å².